The van der Waals surface area contributed by atoms with Gasteiger partial charge in [0, 0.05) is 41.5 Å². The lowest BCUT2D eigenvalue weighted by molar-refractivity contribution is 0.293. The first-order chi connectivity index (χ1) is 10.2. The summed E-state index contributed by atoms with van der Waals surface area (Å²) in [5, 5.41) is 3.74. The second-order valence-electron chi connectivity index (χ2n) is 4.55. The quantitative estimate of drug-likeness (QED) is 0.853. The Morgan fingerprint density at radius 1 is 1.29 bits per heavy atom. The summed E-state index contributed by atoms with van der Waals surface area (Å²) in [5.74, 6) is 1.38. The molecule has 0 spiro atoms. The van der Waals surface area contributed by atoms with Gasteiger partial charge in [-0.25, -0.2) is 0 Å². The molecule has 0 atom stereocenters. The molecule has 0 saturated carbocycles. The van der Waals surface area contributed by atoms with E-state index >= 15 is 0 Å². The van der Waals surface area contributed by atoms with Gasteiger partial charge in [0.05, 0.1) is 13.7 Å². The molecule has 0 radical (unpaired) electrons. The predicted octanol–water partition coefficient (Wildman–Crippen LogP) is 3.08. The van der Waals surface area contributed by atoms with Gasteiger partial charge < -0.3 is 14.8 Å². The molecule has 0 saturated heterocycles. The number of rotatable bonds is 7. The van der Waals surface area contributed by atoms with E-state index in [1.807, 2.05) is 31.3 Å². The summed E-state index contributed by atoms with van der Waals surface area (Å²) in [6.45, 7) is 1.20. The lowest BCUT2D eigenvalue weighted by atomic mass is 10.2. The summed E-state index contributed by atoms with van der Waals surface area (Å²) in [6, 6.07) is 9.50. The van der Waals surface area contributed by atoms with E-state index in [0.29, 0.717) is 23.9 Å². The molecule has 0 aliphatic carbocycles. The van der Waals surface area contributed by atoms with Crippen LogP contribution < -0.4 is 14.8 Å². The molecular weight excluding hydrogens is 288 g/mol. The number of ether oxygens (including phenoxy) is 2. The molecule has 2 aromatic rings. The summed E-state index contributed by atoms with van der Waals surface area (Å²) in [5.41, 5.74) is 1.98. The van der Waals surface area contributed by atoms with E-state index in [9.17, 15) is 0 Å². The molecule has 21 heavy (non-hydrogen) atoms. The minimum absolute atomic E-state index is 0.533. The molecular formula is C16H19ClN2O2. The Labute approximate surface area is 130 Å². The molecule has 0 fully saturated rings. The number of aromatic nitrogens is 1. The first kappa shape index (κ1) is 15.6. The number of methoxy groups -OCH3 is 1. The van der Waals surface area contributed by atoms with Crippen molar-refractivity contribution < 1.29 is 9.47 Å². The van der Waals surface area contributed by atoms with Crippen molar-refractivity contribution in [3.63, 3.8) is 0 Å². The average Bonchev–Trinajstić information content (AvgIpc) is 2.50. The summed E-state index contributed by atoms with van der Waals surface area (Å²) in [6.07, 6.45) is 2.52. The number of pyridine rings is 1. The normalized spacial score (nSPS) is 10.4. The van der Waals surface area contributed by atoms with Gasteiger partial charge in [0.25, 0.3) is 0 Å². The van der Waals surface area contributed by atoms with E-state index in [2.05, 4.69) is 10.3 Å². The van der Waals surface area contributed by atoms with Crippen LogP contribution in [0.5, 0.6) is 11.5 Å². The monoisotopic (exact) mass is 306 g/mol. The molecule has 1 N–H and O–H groups in total. The molecule has 5 heteroatoms. The van der Waals surface area contributed by atoms with Crippen molar-refractivity contribution >= 4 is 11.6 Å². The Morgan fingerprint density at radius 2 is 2.14 bits per heavy atom. The maximum Gasteiger partial charge on any atom is 0.165 e. The number of hydrogen-bond acceptors (Lipinski definition) is 4. The van der Waals surface area contributed by atoms with E-state index in [1.54, 1.807) is 19.4 Å². The van der Waals surface area contributed by atoms with Gasteiger partial charge in [0.1, 0.15) is 0 Å². The number of halogens is 1. The zero-order valence-corrected chi connectivity index (χ0v) is 13.0. The molecule has 0 bridgehead atoms. The topological polar surface area (TPSA) is 43.4 Å². The fourth-order valence-corrected chi connectivity index (χ4v) is 2.29. The number of nitrogens with zero attached hydrogens (tertiary/aromatic N) is 1. The largest absolute Gasteiger partial charge is 0.493 e. The maximum atomic E-state index is 6.09. The third kappa shape index (κ3) is 4.34. The van der Waals surface area contributed by atoms with Gasteiger partial charge in [-0.2, -0.15) is 0 Å². The highest BCUT2D eigenvalue weighted by molar-refractivity contribution is 6.30. The van der Waals surface area contributed by atoms with Crippen LogP contribution >= 0.6 is 11.6 Å². The van der Waals surface area contributed by atoms with Crippen molar-refractivity contribution in [3.8, 4) is 11.5 Å². The van der Waals surface area contributed by atoms with Crippen LogP contribution in [0, 0.1) is 0 Å². The molecule has 4 nitrogen and oxygen atoms in total. The Bertz CT molecular complexity index is 576. The molecule has 0 amide bonds. The zero-order valence-electron chi connectivity index (χ0n) is 12.2. The Hall–Kier alpha value is -1.78. The lowest BCUT2D eigenvalue weighted by Gasteiger charge is -2.15. The highest BCUT2D eigenvalue weighted by Gasteiger charge is 2.12. The van der Waals surface area contributed by atoms with E-state index in [0.717, 1.165) is 23.4 Å². The molecule has 1 aromatic heterocycles. The van der Waals surface area contributed by atoms with E-state index in [4.69, 9.17) is 21.1 Å². The van der Waals surface area contributed by atoms with Gasteiger partial charge in [0.2, 0.25) is 0 Å². The third-order valence-electron chi connectivity index (χ3n) is 3.01. The molecule has 0 aliphatic rings. The first-order valence-corrected chi connectivity index (χ1v) is 7.16. The van der Waals surface area contributed by atoms with E-state index in [1.165, 1.54) is 0 Å². The molecule has 0 aliphatic heterocycles. The summed E-state index contributed by atoms with van der Waals surface area (Å²) in [4.78, 5) is 4.28. The van der Waals surface area contributed by atoms with Gasteiger partial charge >= 0.3 is 0 Å². The van der Waals surface area contributed by atoms with Crippen molar-refractivity contribution in [3.05, 3.63) is 52.8 Å². The van der Waals surface area contributed by atoms with Crippen molar-refractivity contribution in [1.29, 1.82) is 0 Å². The second kappa shape index (κ2) is 7.86. The van der Waals surface area contributed by atoms with Crippen molar-refractivity contribution in [2.24, 2.45) is 0 Å². The van der Waals surface area contributed by atoms with Crippen molar-refractivity contribution in [2.75, 3.05) is 20.8 Å². The fraction of sp³-hybridized carbons (Fsp3) is 0.312. The van der Waals surface area contributed by atoms with Crippen LogP contribution in [0.4, 0.5) is 0 Å². The standard InChI is InChI=1S/C16H19ClN2O2/c1-18-11-12-9-13(17)10-15(20-2)16(12)21-8-6-14-5-3-4-7-19-14/h3-5,7,9-10,18H,6,8,11H2,1-2H3. The fourth-order valence-electron chi connectivity index (χ4n) is 2.06. The Morgan fingerprint density at radius 3 is 2.81 bits per heavy atom. The molecule has 2 rings (SSSR count). The molecule has 1 aromatic carbocycles. The van der Waals surface area contributed by atoms with Gasteiger partial charge in [-0.1, -0.05) is 17.7 Å². The van der Waals surface area contributed by atoms with E-state index < -0.39 is 0 Å². The average molecular weight is 307 g/mol. The van der Waals surface area contributed by atoms with Crippen molar-refractivity contribution in [1.82, 2.24) is 10.3 Å². The first-order valence-electron chi connectivity index (χ1n) is 6.78. The van der Waals surface area contributed by atoms with Gasteiger partial charge in [-0.05, 0) is 25.2 Å². The minimum atomic E-state index is 0.533. The highest BCUT2D eigenvalue weighted by Crippen LogP contribution is 2.34. The summed E-state index contributed by atoms with van der Waals surface area (Å²) >= 11 is 6.09. The van der Waals surface area contributed by atoms with Gasteiger partial charge in [-0.15, -0.1) is 0 Å². The highest BCUT2D eigenvalue weighted by atomic mass is 35.5. The number of hydrogen-bond donors (Lipinski definition) is 1. The SMILES string of the molecule is CNCc1cc(Cl)cc(OC)c1OCCc1ccccn1. The van der Waals surface area contributed by atoms with Crippen LogP contribution in [0.15, 0.2) is 36.5 Å². The molecule has 1 heterocycles. The Balaban J connectivity index is 2.10. The van der Waals surface area contributed by atoms with Crippen LogP contribution in [0.25, 0.3) is 0 Å². The predicted molar refractivity (Wildman–Crippen MR) is 84.2 cm³/mol. The zero-order chi connectivity index (χ0) is 15.1. The number of benzene rings is 1. The van der Waals surface area contributed by atoms with Crippen LogP contribution in [-0.4, -0.2) is 25.7 Å². The smallest absolute Gasteiger partial charge is 0.165 e. The number of nitrogens with one attached hydrogen (secondary N) is 1. The van der Waals surface area contributed by atoms with E-state index in [-0.39, 0.29) is 0 Å². The van der Waals surface area contributed by atoms with Gasteiger partial charge in [0.15, 0.2) is 11.5 Å². The van der Waals surface area contributed by atoms with Crippen LogP contribution in [0.3, 0.4) is 0 Å². The lowest BCUT2D eigenvalue weighted by Crippen LogP contribution is -2.10. The molecule has 112 valence electrons. The van der Waals surface area contributed by atoms with Gasteiger partial charge in [-0.3, -0.25) is 4.98 Å². The molecule has 0 unspecified atom stereocenters. The Kier molecular flexibility index (Phi) is 5.84. The van der Waals surface area contributed by atoms with Crippen LogP contribution in [-0.2, 0) is 13.0 Å². The summed E-state index contributed by atoms with van der Waals surface area (Å²) in [7, 11) is 3.49. The second-order valence-corrected chi connectivity index (χ2v) is 4.98. The minimum Gasteiger partial charge on any atom is -0.493 e. The van der Waals surface area contributed by atoms with Crippen molar-refractivity contribution in [2.45, 2.75) is 13.0 Å². The maximum absolute atomic E-state index is 6.09. The van der Waals surface area contributed by atoms with Crippen LogP contribution in [0.2, 0.25) is 5.02 Å². The summed E-state index contributed by atoms with van der Waals surface area (Å²) < 4.78 is 11.3. The third-order valence-corrected chi connectivity index (χ3v) is 3.23. The van der Waals surface area contributed by atoms with Crippen LogP contribution in [0.1, 0.15) is 11.3 Å².